The summed E-state index contributed by atoms with van der Waals surface area (Å²) in [5.41, 5.74) is 2.27. The molecule has 380 valence electrons. The van der Waals surface area contributed by atoms with Gasteiger partial charge in [0.15, 0.2) is 0 Å². The van der Waals surface area contributed by atoms with Gasteiger partial charge in [0, 0.05) is 43.2 Å². The van der Waals surface area contributed by atoms with E-state index in [2.05, 4.69) is 19.6 Å². The minimum atomic E-state index is -1.49. The van der Waals surface area contributed by atoms with Crippen LogP contribution in [0, 0.1) is 23.6 Å². The van der Waals surface area contributed by atoms with Crippen molar-refractivity contribution in [3.8, 4) is 11.5 Å². The Morgan fingerprint density at radius 3 is 2.28 bits per heavy atom. The summed E-state index contributed by atoms with van der Waals surface area (Å²) in [5, 5.41) is 34.5. The van der Waals surface area contributed by atoms with E-state index >= 15 is 0 Å². The van der Waals surface area contributed by atoms with Crippen LogP contribution in [0.3, 0.4) is 0 Å². The Kier molecular flexibility index (Phi) is 23.1. The van der Waals surface area contributed by atoms with Crippen LogP contribution in [0.4, 0.5) is 9.18 Å². The molecule has 2 aromatic carbocycles. The fourth-order valence-corrected chi connectivity index (χ4v) is 10.2. The van der Waals surface area contributed by atoms with Gasteiger partial charge in [0.2, 0.25) is 5.79 Å². The molecule has 1 fully saturated rings. The van der Waals surface area contributed by atoms with E-state index in [0.717, 1.165) is 62.5 Å². The summed E-state index contributed by atoms with van der Waals surface area (Å²) in [6.07, 6.45) is 19.6. The number of rotatable bonds is 32. The van der Waals surface area contributed by atoms with Crippen molar-refractivity contribution < 1.29 is 53.0 Å². The molecule has 6 atom stereocenters. The molecule has 0 saturated heterocycles. The van der Waals surface area contributed by atoms with Crippen LogP contribution < -0.4 is 9.47 Å². The molecule has 0 radical (unpaired) electrons. The maximum absolute atomic E-state index is 14.8. The minimum absolute atomic E-state index is 0.00155. The monoisotopic (exact) mass is 951 g/mol. The highest BCUT2D eigenvalue weighted by Crippen LogP contribution is 2.62. The number of aliphatic hydroxyl groups excluding tert-OH is 3. The van der Waals surface area contributed by atoms with Crippen LogP contribution in [0.1, 0.15) is 154 Å². The van der Waals surface area contributed by atoms with Crippen molar-refractivity contribution in [2.24, 2.45) is 22.9 Å². The first-order valence-electron chi connectivity index (χ1n) is 25.8. The summed E-state index contributed by atoms with van der Waals surface area (Å²) >= 11 is 0. The highest BCUT2D eigenvalue weighted by Gasteiger charge is 2.65. The Balaban J connectivity index is 1.61. The second-order valence-electron chi connectivity index (χ2n) is 19.7. The summed E-state index contributed by atoms with van der Waals surface area (Å²) in [4.78, 5) is 22.7. The third-order valence-electron chi connectivity index (χ3n) is 13.5. The maximum atomic E-state index is 14.8. The number of unbranched alkanes of at least 4 members (excludes halogenated alkanes) is 11. The van der Waals surface area contributed by atoms with Gasteiger partial charge in [-0.2, -0.15) is 0 Å². The smallest absolute Gasteiger partial charge is 0.410 e. The van der Waals surface area contributed by atoms with E-state index < -0.39 is 29.4 Å². The third kappa shape index (κ3) is 15.5. The zero-order valence-corrected chi connectivity index (χ0v) is 41.6. The summed E-state index contributed by atoms with van der Waals surface area (Å²) in [5.74, 6) is -1.51. The number of carbonyl (C=O) groups is 1. The normalized spacial score (nSPS) is 22.4. The topological polar surface area (TPSA) is 149 Å². The maximum Gasteiger partial charge on any atom is 0.410 e. The van der Waals surface area contributed by atoms with Crippen molar-refractivity contribution in [2.75, 3.05) is 52.8 Å². The van der Waals surface area contributed by atoms with Crippen LogP contribution in [-0.4, -0.2) is 102 Å². The summed E-state index contributed by atoms with van der Waals surface area (Å²) in [7, 11) is 0. The molecule has 3 aliphatic rings. The summed E-state index contributed by atoms with van der Waals surface area (Å²) in [6, 6.07) is 11.5. The van der Waals surface area contributed by atoms with Gasteiger partial charge >= 0.3 is 6.09 Å². The minimum Gasteiger partial charge on any atom is -0.489 e. The van der Waals surface area contributed by atoms with Gasteiger partial charge in [-0.05, 0) is 94.5 Å². The summed E-state index contributed by atoms with van der Waals surface area (Å²) in [6.45, 7) is 12.8. The van der Waals surface area contributed by atoms with Crippen molar-refractivity contribution in [3.63, 3.8) is 0 Å². The molecule has 2 aliphatic carbocycles. The lowest BCUT2D eigenvalue weighted by Crippen LogP contribution is -2.70. The molecule has 0 aromatic heterocycles. The molecule has 3 N–H and O–H groups in total. The van der Waals surface area contributed by atoms with Crippen LogP contribution in [-0.2, 0) is 25.7 Å². The highest BCUT2D eigenvalue weighted by atomic mass is 19.1. The first kappa shape index (κ1) is 54.9. The number of hydrogen-bond donors (Lipinski definition) is 3. The number of fused-ring (bicyclic) bond motifs is 2. The van der Waals surface area contributed by atoms with Crippen molar-refractivity contribution in [1.29, 1.82) is 0 Å². The van der Waals surface area contributed by atoms with Crippen LogP contribution in [0.5, 0.6) is 11.5 Å². The highest BCUT2D eigenvalue weighted by molar-refractivity contribution is 6.03. The number of ether oxygens (including phenoxy) is 5. The number of carbonyl (C=O) groups excluding carboxylic acids is 1. The molecule has 13 heteroatoms. The average Bonchev–Trinajstić information content (AvgIpc) is 3.32. The van der Waals surface area contributed by atoms with Gasteiger partial charge in [0.05, 0.1) is 44.7 Å². The Bertz CT molecular complexity index is 1880. The van der Waals surface area contributed by atoms with E-state index in [-0.39, 0.29) is 89.4 Å². The van der Waals surface area contributed by atoms with Gasteiger partial charge in [-0.25, -0.2) is 9.18 Å². The SMILES string of the molecule is C=CCOC12Oc3ccc(OCc4ccccc4F)cc3C3C(CCCCO)C(CCCCO)C=C(C(=NOC(C)(C)C)CC1N(CCOCCO)C(=O)OCCCCCCCCCCCC)C32. The molecule has 5 rings (SSSR count). The van der Waals surface area contributed by atoms with E-state index in [9.17, 15) is 24.5 Å². The molecule has 6 unspecified atom stereocenters. The molecule has 68 heavy (non-hydrogen) atoms. The number of nitrogens with zero attached hydrogens (tertiary/aromatic N) is 2. The van der Waals surface area contributed by atoms with E-state index in [1.54, 1.807) is 29.2 Å². The fraction of sp³-hybridized carbons (Fsp3) is 0.673. The quantitative estimate of drug-likeness (QED) is 0.0368. The summed E-state index contributed by atoms with van der Waals surface area (Å²) < 4.78 is 47.6. The average molecular weight is 951 g/mol. The zero-order valence-electron chi connectivity index (χ0n) is 41.6. The van der Waals surface area contributed by atoms with Crippen molar-refractivity contribution in [1.82, 2.24) is 4.90 Å². The number of benzene rings is 2. The number of oxime groups is 1. The Hall–Kier alpha value is -4.01. The number of allylic oxidation sites excluding steroid dienone is 1. The molecule has 0 bridgehead atoms. The van der Waals surface area contributed by atoms with Gasteiger partial charge in [-0.3, -0.25) is 4.90 Å². The fourth-order valence-electron chi connectivity index (χ4n) is 10.2. The Morgan fingerprint density at radius 2 is 1.60 bits per heavy atom. The number of halogens is 1. The van der Waals surface area contributed by atoms with Crippen LogP contribution in [0.15, 0.2) is 71.9 Å². The lowest BCUT2D eigenvalue weighted by atomic mass is 9.55. The van der Waals surface area contributed by atoms with Gasteiger partial charge in [0.1, 0.15) is 35.6 Å². The molecule has 1 aliphatic heterocycles. The Morgan fingerprint density at radius 1 is 0.897 bits per heavy atom. The number of amides is 1. The van der Waals surface area contributed by atoms with Crippen LogP contribution >= 0.6 is 0 Å². The third-order valence-corrected chi connectivity index (χ3v) is 13.5. The molecule has 12 nitrogen and oxygen atoms in total. The second kappa shape index (κ2) is 28.6. The lowest BCUT2D eigenvalue weighted by Gasteiger charge is -2.60. The van der Waals surface area contributed by atoms with Crippen molar-refractivity contribution >= 4 is 11.8 Å². The molecule has 1 amide bonds. The Labute approximate surface area is 406 Å². The molecular formula is C55H83FN2O10. The van der Waals surface area contributed by atoms with E-state index in [0.29, 0.717) is 35.6 Å². The molecule has 1 saturated carbocycles. The number of aliphatic hydroxyl groups is 3. The van der Waals surface area contributed by atoms with Gasteiger partial charge in [-0.1, -0.05) is 113 Å². The van der Waals surface area contributed by atoms with E-state index in [1.807, 2.05) is 39.0 Å². The van der Waals surface area contributed by atoms with E-state index in [4.69, 9.17) is 33.7 Å². The zero-order chi connectivity index (χ0) is 48.8. The van der Waals surface area contributed by atoms with Gasteiger partial charge in [-0.15, -0.1) is 6.58 Å². The predicted octanol–water partition coefficient (Wildman–Crippen LogP) is 11.2. The van der Waals surface area contributed by atoms with Crippen LogP contribution in [0.2, 0.25) is 0 Å². The largest absolute Gasteiger partial charge is 0.489 e. The van der Waals surface area contributed by atoms with E-state index in [1.165, 1.54) is 44.6 Å². The molecule has 2 aromatic rings. The van der Waals surface area contributed by atoms with Gasteiger partial charge < -0.3 is 43.8 Å². The van der Waals surface area contributed by atoms with Crippen molar-refractivity contribution in [3.05, 3.63) is 83.7 Å². The first-order chi connectivity index (χ1) is 33.0. The molecule has 0 spiro atoms. The standard InChI is InChI=1S/C55H83FN2O10/c1-6-8-9-10-11-12-13-14-15-22-34-64-53(62)58(29-35-63-36-32-61)50-39-48(57-68-54(3,4)5)45-37-41(23-18-20-30-59)44(25-19-21-31-60)51-46-38-43(65-40-42-24-16-17-26-47(42)56)27-28-49(46)67-55(50,52(45)51)66-33-7-2/h7,16-17,24,26-28,37-38,41,44,50-52,59-61H,2,6,8-15,18-23,25,29-36,39-40H2,1,3-5H3. The lowest BCUT2D eigenvalue weighted by molar-refractivity contribution is -0.256. The number of hydrogen-bond acceptors (Lipinski definition) is 11. The second-order valence-corrected chi connectivity index (χ2v) is 19.7. The molecular weight excluding hydrogens is 868 g/mol. The van der Waals surface area contributed by atoms with Crippen molar-refractivity contribution in [2.45, 2.75) is 167 Å². The first-order valence-corrected chi connectivity index (χ1v) is 25.8. The molecule has 1 heterocycles. The predicted molar refractivity (Wildman–Crippen MR) is 264 cm³/mol. The van der Waals surface area contributed by atoms with Gasteiger partial charge in [0.25, 0.3) is 0 Å². The van der Waals surface area contributed by atoms with Crippen LogP contribution in [0.25, 0.3) is 0 Å².